The van der Waals surface area contributed by atoms with Gasteiger partial charge in [0.05, 0.1) is 25.9 Å². The second-order valence-electron chi connectivity index (χ2n) is 7.04. The van der Waals surface area contributed by atoms with Crippen LogP contribution in [-0.4, -0.2) is 75.5 Å². The Labute approximate surface area is 147 Å². The van der Waals surface area contributed by atoms with Crippen molar-refractivity contribution >= 4 is 5.96 Å². The lowest BCUT2D eigenvalue weighted by Gasteiger charge is -2.23. The first-order valence-corrected chi connectivity index (χ1v) is 9.63. The van der Waals surface area contributed by atoms with Crippen LogP contribution in [0, 0.1) is 0 Å². The monoisotopic (exact) mass is 340 g/mol. The minimum absolute atomic E-state index is 0.232. The molecule has 0 radical (unpaired) electrons. The van der Waals surface area contributed by atoms with Gasteiger partial charge < -0.3 is 25.0 Å². The summed E-state index contributed by atoms with van der Waals surface area (Å²) in [6, 6.07) is 0.993. The summed E-state index contributed by atoms with van der Waals surface area (Å²) >= 11 is 0. The molecule has 0 aromatic heterocycles. The van der Waals surface area contributed by atoms with Crippen LogP contribution < -0.4 is 10.6 Å². The van der Waals surface area contributed by atoms with Crippen molar-refractivity contribution in [1.29, 1.82) is 0 Å². The quantitative estimate of drug-likeness (QED) is 0.493. The van der Waals surface area contributed by atoms with Gasteiger partial charge in [0, 0.05) is 31.8 Å². The third kappa shape index (κ3) is 6.95. The molecule has 0 bridgehead atoms. The highest BCUT2D eigenvalue weighted by Gasteiger charge is 2.19. The molecular formula is C18H36N4O2. The number of guanidine groups is 1. The minimum Gasteiger partial charge on any atom is -0.379 e. The van der Waals surface area contributed by atoms with E-state index in [0.717, 1.165) is 51.3 Å². The number of nitrogens with zero attached hydrogens (tertiary/aromatic N) is 2. The van der Waals surface area contributed by atoms with E-state index in [2.05, 4.69) is 36.4 Å². The number of hydrogen-bond acceptors (Lipinski definition) is 4. The SMILES string of the molecule is CCNC(=NCCN(C)C1CCCC1)NC(C)COC1CCOC1. The molecule has 24 heavy (non-hydrogen) atoms. The fraction of sp³-hybridized carbons (Fsp3) is 0.944. The first kappa shape index (κ1) is 19.5. The Morgan fingerprint density at radius 3 is 2.79 bits per heavy atom. The first-order chi connectivity index (χ1) is 11.7. The number of rotatable bonds is 9. The lowest BCUT2D eigenvalue weighted by Crippen LogP contribution is -2.45. The third-order valence-corrected chi connectivity index (χ3v) is 4.87. The first-order valence-electron chi connectivity index (χ1n) is 9.63. The van der Waals surface area contributed by atoms with Gasteiger partial charge in [-0.25, -0.2) is 0 Å². The molecule has 2 N–H and O–H groups in total. The van der Waals surface area contributed by atoms with Crippen molar-refractivity contribution in [3.05, 3.63) is 0 Å². The Balaban J connectivity index is 1.68. The Morgan fingerprint density at radius 2 is 2.12 bits per heavy atom. The van der Waals surface area contributed by atoms with Gasteiger partial charge in [-0.15, -0.1) is 0 Å². The molecule has 2 unspecified atom stereocenters. The molecule has 1 aliphatic heterocycles. The zero-order valence-electron chi connectivity index (χ0n) is 15.7. The summed E-state index contributed by atoms with van der Waals surface area (Å²) in [5.41, 5.74) is 0. The molecule has 1 saturated heterocycles. The Bertz CT molecular complexity index is 366. The van der Waals surface area contributed by atoms with E-state index >= 15 is 0 Å². The topological polar surface area (TPSA) is 58.1 Å². The molecule has 1 heterocycles. The Kier molecular flexibility index (Phi) is 8.84. The molecule has 2 fully saturated rings. The van der Waals surface area contributed by atoms with Crippen LogP contribution in [-0.2, 0) is 9.47 Å². The second kappa shape index (κ2) is 10.9. The second-order valence-corrected chi connectivity index (χ2v) is 7.04. The molecule has 0 aromatic rings. The smallest absolute Gasteiger partial charge is 0.191 e. The summed E-state index contributed by atoms with van der Waals surface area (Å²) in [6.45, 7) is 9.18. The maximum atomic E-state index is 5.88. The fourth-order valence-corrected chi connectivity index (χ4v) is 3.37. The number of hydrogen-bond donors (Lipinski definition) is 2. The molecule has 6 heteroatoms. The summed E-state index contributed by atoms with van der Waals surface area (Å²) in [7, 11) is 2.23. The molecule has 1 saturated carbocycles. The lowest BCUT2D eigenvalue weighted by atomic mass is 10.2. The highest BCUT2D eigenvalue weighted by atomic mass is 16.5. The van der Waals surface area contributed by atoms with E-state index in [-0.39, 0.29) is 12.1 Å². The lowest BCUT2D eigenvalue weighted by molar-refractivity contribution is 0.0347. The van der Waals surface area contributed by atoms with E-state index in [4.69, 9.17) is 14.5 Å². The van der Waals surface area contributed by atoms with Gasteiger partial charge in [0.2, 0.25) is 0 Å². The maximum absolute atomic E-state index is 5.88. The third-order valence-electron chi connectivity index (χ3n) is 4.87. The van der Waals surface area contributed by atoms with Crippen molar-refractivity contribution in [1.82, 2.24) is 15.5 Å². The van der Waals surface area contributed by atoms with Gasteiger partial charge in [0.1, 0.15) is 0 Å². The molecule has 6 nitrogen and oxygen atoms in total. The van der Waals surface area contributed by atoms with Crippen LogP contribution in [0.25, 0.3) is 0 Å². The number of ether oxygens (including phenoxy) is 2. The van der Waals surface area contributed by atoms with Crippen molar-refractivity contribution in [2.75, 3.05) is 46.5 Å². The van der Waals surface area contributed by atoms with Crippen LogP contribution in [0.3, 0.4) is 0 Å². The number of nitrogens with one attached hydrogen (secondary N) is 2. The van der Waals surface area contributed by atoms with E-state index in [0.29, 0.717) is 6.61 Å². The fourth-order valence-electron chi connectivity index (χ4n) is 3.37. The molecular weight excluding hydrogens is 304 g/mol. The average Bonchev–Trinajstić information content (AvgIpc) is 3.26. The molecule has 140 valence electrons. The van der Waals surface area contributed by atoms with Crippen molar-refractivity contribution in [2.45, 2.75) is 64.1 Å². The van der Waals surface area contributed by atoms with Crippen molar-refractivity contribution < 1.29 is 9.47 Å². The van der Waals surface area contributed by atoms with Crippen LogP contribution in [0.2, 0.25) is 0 Å². The van der Waals surface area contributed by atoms with Gasteiger partial charge in [-0.1, -0.05) is 12.8 Å². The van der Waals surface area contributed by atoms with Gasteiger partial charge >= 0.3 is 0 Å². The van der Waals surface area contributed by atoms with Gasteiger partial charge in [-0.05, 0) is 40.2 Å². The summed E-state index contributed by atoms with van der Waals surface area (Å²) in [6.07, 6.45) is 6.72. The Morgan fingerprint density at radius 1 is 1.33 bits per heavy atom. The summed E-state index contributed by atoms with van der Waals surface area (Å²) in [5, 5.41) is 6.76. The van der Waals surface area contributed by atoms with E-state index in [9.17, 15) is 0 Å². The Hall–Kier alpha value is -0.850. The van der Waals surface area contributed by atoms with Crippen LogP contribution >= 0.6 is 0 Å². The minimum atomic E-state index is 0.232. The summed E-state index contributed by atoms with van der Waals surface area (Å²) in [4.78, 5) is 7.18. The van der Waals surface area contributed by atoms with Gasteiger partial charge in [0.25, 0.3) is 0 Å². The van der Waals surface area contributed by atoms with Crippen molar-refractivity contribution in [3.63, 3.8) is 0 Å². The number of aliphatic imine (C=N–C) groups is 1. The van der Waals surface area contributed by atoms with Crippen LogP contribution in [0.15, 0.2) is 4.99 Å². The molecule has 2 aliphatic rings. The summed E-state index contributed by atoms with van der Waals surface area (Å²) in [5.74, 6) is 0.885. The zero-order chi connectivity index (χ0) is 17.2. The zero-order valence-corrected chi connectivity index (χ0v) is 15.7. The van der Waals surface area contributed by atoms with E-state index < -0.39 is 0 Å². The van der Waals surface area contributed by atoms with Gasteiger partial charge in [0.15, 0.2) is 5.96 Å². The highest BCUT2D eigenvalue weighted by molar-refractivity contribution is 5.80. The molecule has 0 amide bonds. The largest absolute Gasteiger partial charge is 0.379 e. The van der Waals surface area contributed by atoms with E-state index in [1.54, 1.807) is 0 Å². The highest BCUT2D eigenvalue weighted by Crippen LogP contribution is 2.21. The van der Waals surface area contributed by atoms with Gasteiger partial charge in [-0.3, -0.25) is 4.99 Å². The predicted octanol–water partition coefficient (Wildman–Crippen LogP) is 1.61. The normalized spacial score (nSPS) is 23.8. The van der Waals surface area contributed by atoms with Gasteiger partial charge in [-0.2, -0.15) is 0 Å². The summed E-state index contributed by atoms with van der Waals surface area (Å²) < 4.78 is 11.2. The number of likely N-dealkylation sites (N-methyl/N-ethyl adjacent to an activating group) is 1. The van der Waals surface area contributed by atoms with E-state index in [1.807, 2.05) is 0 Å². The molecule has 2 atom stereocenters. The standard InChI is InChI=1S/C18H36N4O2/c1-4-19-18(20-10-11-22(3)16-7-5-6-8-16)21-15(2)13-24-17-9-12-23-14-17/h15-17H,4-14H2,1-3H3,(H2,19,20,21). The van der Waals surface area contributed by atoms with E-state index in [1.165, 1.54) is 25.7 Å². The molecule has 2 rings (SSSR count). The van der Waals surface area contributed by atoms with Crippen LogP contribution in [0.5, 0.6) is 0 Å². The molecule has 1 aliphatic carbocycles. The maximum Gasteiger partial charge on any atom is 0.191 e. The predicted molar refractivity (Wildman–Crippen MR) is 98.6 cm³/mol. The van der Waals surface area contributed by atoms with Crippen LogP contribution in [0.4, 0.5) is 0 Å². The molecule has 0 spiro atoms. The van der Waals surface area contributed by atoms with Crippen molar-refractivity contribution in [2.24, 2.45) is 4.99 Å². The average molecular weight is 341 g/mol. The van der Waals surface area contributed by atoms with Crippen molar-refractivity contribution in [3.8, 4) is 0 Å². The van der Waals surface area contributed by atoms with Crippen LogP contribution in [0.1, 0.15) is 46.0 Å². The molecule has 0 aromatic carbocycles.